The molecule has 7 heteroatoms. The first-order valence-electron chi connectivity index (χ1n) is 8.76. The van der Waals surface area contributed by atoms with Crippen LogP contribution in [0.25, 0.3) is 0 Å². The van der Waals surface area contributed by atoms with Gasteiger partial charge in [-0.15, -0.1) is 0 Å². The lowest BCUT2D eigenvalue weighted by molar-refractivity contribution is -0.120. The Kier molecular flexibility index (Phi) is 5.08. The molecule has 1 aromatic carbocycles. The Labute approximate surface area is 152 Å². The molecule has 1 amide bonds. The molecule has 1 unspecified atom stereocenters. The normalized spacial score (nSPS) is 18.2. The minimum Gasteiger partial charge on any atom is -0.493 e. The number of nitrogens with zero attached hydrogens (tertiary/aromatic N) is 2. The zero-order chi connectivity index (χ0) is 18.7. The van der Waals surface area contributed by atoms with Crippen molar-refractivity contribution in [1.29, 1.82) is 0 Å². The van der Waals surface area contributed by atoms with Crippen LogP contribution in [0.4, 0.5) is 5.69 Å². The van der Waals surface area contributed by atoms with Crippen molar-refractivity contribution in [3.63, 3.8) is 0 Å². The third kappa shape index (κ3) is 3.77. The van der Waals surface area contributed by atoms with E-state index in [-0.39, 0.29) is 11.9 Å². The summed E-state index contributed by atoms with van der Waals surface area (Å²) in [7, 11) is 0. The highest BCUT2D eigenvalue weighted by atomic mass is 16.5. The Bertz CT molecular complexity index is 790. The average molecular weight is 356 g/mol. The van der Waals surface area contributed by atoms with Crippen LogP contribution in [0.2, 0.25) is 0 Å². The predicted molar refractivity (Wildman–Crippen MR) is 98.6 cm³/mol. The van der Waals surface area contributed by atoms with Crippen molar-refractivity contribution in [2.75, 3.05) is 11.9 Å². The van der Waals surface area contributed by atoms with Gasteiger partial charge in [-0.3, -0.25) is 4.79 Å². The molecule has 1 aliphatic heterocycles. The second kappa shape index (κ2) is 7.29. The minimum absolute atomic E-state index is 0.208. The molecule has 3 rings (SSSR count). The van der Waals surface area contributed by atoms with Gasteiger partial charge in [0.1, 0.15) is 11.5 Å². The van der Waals surface area contributed by atoms with Crippen LogP contribution in [-0.2, 0) is 4.79 Å². The zero-order valence-electron chi connectivity index (χ0n) is 15.3. The largest absolute Gasteiger partial charge is 0.493 e. The summed E-state index contributed by atoms with van der Waals surface area (Å²) in [5.41, 5.74) is 6.49. The molecule has 0 fully saturated rings. The lowest BCUT2D eigenvalue weighted by atomic mass is 9.94. The number of aromatic nitrogens is 2. The highest BCUT2D eigenvalue weighted by Crippen LogP contribution is 2.40. The van der Waals surface area contributed by atoms with E-state index in [2.05, 4.69) is 22.2 Å². The number of nitrogens with one attached hydrogen (secondary N) is 1. The van der Waals surface area contributed by atoms with Gasteiger partial charge in [-0.25, -0.2) is 9.97 Å². The van der Waals surface area contributed by atoms with Crippen LogP contribution in [-0.4, -0.2) is 28.0 Å². The van der Waals surface area contributed by atoms with E-state index in [1.165, 1.54) is 12.4 Å². The van der Waals surface area contributed by atoms with Gasteiger partial charge in [0.05, 0.1) is 30.2 Å². The molecule has 0 saturated heterocycles. The summed E-state index contributed by atoms with van der Waals surface area (Å²) in [5, 5.41) is 2.72. The Morgan fingerprint density at radius 3 is 2.85 bits per heavy atom. The van der Waals surface area contributed by atoms with Crippen LogP contribution < -0.4 is 20.5 Å². The van der Waals surface area contributed by atoms with Gasteiger partial charge in [0.15, 0.2) is 0 Å². The first-order valence-corrected chi connectivity index (χ1v) is 8.76. The van der Waals surface area contributed by atoms with Crippen LogP contribution in [0.1, 0.15) is 45.1 Å². The lowest BCUT2D eigenvalue weighted by Crippen LogP contribution is -2.47. The van der Waals surface area contributed by atoms with E-state index >= 15 is 0 Å². The Morgan fingerprint density at radius 2 is 2.15 bits per heavy atom. The maximum Gasteiger partial charge on any atom is 0.322 e. The van der Waals surface area contributed by atoms with Crippen molar-refractivity contribution < 1.29 is 14.3 Å². The summed E-state index contributed by atoms with van der Waals surface area (Å²) in [6.07, 6.45) is 4.47. The van der Waals surface area contributed by atoms with E-state index in [1.807, 2.05) is 25.1 Å². The number of fused-ring (bicyclic) bond motifs is 1. The van der Waals surface area contributed by atoms with E-state index < -0.39 is 5.54 Å². The number of ether oxygens (including phenoxy) is 2. The summed E-state index contributed by atoms with van der Waals surface area (Å²) in [6.45, 7) is 6.40. The quantitative estimate of drug-likeness (QED) is 0.853. The minimum atomic E-state index is -0.936. The molecule has 3 N–H and O–H groups in total. The molecule has 0 bridgehead atoms. The number of hydrogen-bond acceptors (Lipinski definition) is 6. The number of rotatable bonds is 5. The van der Waals surface area contributed by atoms with Gasteiger partial charge in [-0.2, -0.15) is 0 Å². The topological polar surface area (TPSA) is 99.4 Å². The molecule has 2 aromatic rings. The first-order chi connectivity index (χ1) is 12.4. The first kappa shape index (κ1) is 18.1. The molecule has 1 aliphatic rings. The second-order valence-corrected chi connectivity index (χ2v) is 6.79. The fourth-order valence-electron chi connectivity index (χ4n) is 2.68. The average Bonchev–Trinajstić information content (AvgIpc) is 2.63. The van der Waals surface area contributed by atoms with Crippen LogP contribution in [0.3, 0.4) is 0 Å². The van der Waals surface area contributed by atoms with Gasteiger partial charge in [0.25, 0.3) is 0 Å². The van der Waals surface area contributed by atoms with Gasteiger partial charge < -0.3 is 20.5 Å². The molecular weight excluding hydrogens is 332 g/mol. The third-order valence-electron chi connectivity index (χ3n) is 4.67. The van der Waals surface area contributed by atoms with Gasteiger partial charge in [0, 0.05) is 5.56 Å². The van der Waals surface area contributed by atoms with Crippen molar-refractivity contribution in [2.24, 2.45) is 5.73 Å². The van der Waals surface area contributed by atoms with E-state index in [9.17, 15) is 4.79 Å². The third-order valence-corrected chi connectivity index (χ3v) is 4.67. The molecule has 2 atom stereocenters. The zero-order valence-corrected chi connectivity index (χ0v) is 15.3. The molecule has 26 heavy (non-hydrogen) atoms. The molecule has 1 aromatic heterocycles. The van der Waals surface area contributed by atoms with Crippen LogP contribution >= 0.6 is 0 Å². The summed E-state index contributed by atoms with van der Waals surface area (Å²) in [4.78, 5) is 20.5. The number of carbonyl (C=O) groups is 1. The van der Waals surface area contributed by atoms with Crippen molar-refractivity contribution in [3.05, 3.63) is 36.2 Å². The fourth-order valence-corrected chi connectivity index (χ4v) is 2.68. The fraction of sp³-hybridized carbons (Fsp3) is 0.421. The van der Waals surface area contributed by atoms with E-state index in [0.717, 1.165) is 17.7 Å². The van der Waals surface area contributed by atoms with Gasteiger partial charge in [-0.1, -0.05) is 19.9 Å². The molecule has 0 saturated carbocycles. The smallest absolute Gasteiger partial charge is 0.322 e. The van der Waals surface area contributed by atoms with E-state index in [1.54, 1.807) is 6.92 Å². The highest BCUT2D eigenvalue weighted by molar-refractivity contribution is 5.97. The SMILES string of the molecule is CC[C@](C)(N)C(=O)Nc1cnc(Oc2cccc3c2C(C)CCO3)nc1. The van der Waals surface area contributed by atoms with Crippen LogP contribution in [0.15, 0.2) is 30.6 Å². The summed E-state index contributed by atoms with van der Waals surface area (Å²) < 4.78 is 11.6. The maximum atomic E-state index is 12.1. The Hall–Kier alpha value is -2.67. The Balaban J connectivity index is 1.74. The highest BCUT2D eigenvalue weighted by Gasteiger charge is 2.26. The molecule has 0 aliphatic carbocycles. The number of carbonyl (C=O) groups excluding carboxylic acids is 1. The predicted octanol–water partition coefficient (Wildman–Crippen LogP) is 3.22. The standard InChI is InChI=1S/C19H24N4O3/c1-4-19(3,20)17(24)23-13-10-21-18(22-11-13)26-15-7-5-6-14-16(15)12(2)8-9-25-14/h5-7,10-12H,4,8-9,20H2,1-3H3,(H,23,24)/t12?,19-/m0/s1. The molecule has 2 heterocycles. The van der Waals surface area contributed by atoms with Gasteiger partial charge >= 0.3 is 6.01 Å². The van der Waals surface area contributed by atoms with Crippen molar-refractivity contribution in [1.82, 2.24) is 9.97 Å². The monoisotopic (exact) mass is 356 g/mol. The summed E-state index contributed by atoms with van der Waals surface area (Å²) in [6, 6.07) is 5.91. The number of anilines is 1. The van der Waals surface area contributed by atoms with Gasteiger partial charge in [-0.05, 0) is 37.8 Å². The second-order valence-electron chi connectivity index (χ2n) is 6.79. The van der Waals surface area contributed by atoms with Crippen molar-refractivity contribution >= 4 is 11.6 Å². The molecule has 7 nitrogen and oxygen atoms in total. The molecule has 0 spiro atoms. The van der Waals surface area contributed by atoms with Crippen molar-refractivity contribution in [3.8, 4) is 17.5 Å². The molecule has 0 radical (unpaired) electrons. The molecule has 138 valence electrons. The summed E-state index contributed by atoms with van der Waals surface area (Å²) >= 11 is 0. The number of hydrogen-bond donors (Lipinski definition) is 2. The maximum absolute atomic E-state index is 12.1. The van der Waals surface area contributed by atoms with E-state index in [0.29, 0.717) is 30.4 Å². The number of nitrogens with two attached hydrogens (primary N) is 1. The number of amides is 1. The Morgan fingerprint density at radius 1 is 1.42 bits per heavy atom. The van der Waals surface area contributed by atoms with Crippen LogP contribution in [0.5, 0.6) is 17.5 Å². The van der Waals surface area contributed by atoms with E-state index in [4.69, 9.17) is 15.2 Å². The lowest BCUT2D eigenvalue weighted by Gasteiger charge is -2.24. The number of benzene rings is 1. The van der Waals surface area contributed by atoms with Gasteiger partial charge in [0.2, 0.25) is 5.91 Å². The summed E-state index contributed by atoms with van der Waals surface area (Å²) in [5.74, 6) is 1.59. The van der Waals surface area contributed by atoms with Crippen molar-refractivity contribution in [2.45, 2.75) is 45.1 Å². The molecular formula is C19H24N4O3. The van der Waals surface area contributed by atoms with Crippen LogP contribution in [0, 0.1) is 0 Å².